The van der Waals surface area contributed by atoms with Gasteiger partial charge in [0.15, 0.2) is 0 Å². The van der Waals surface area contributed by atoms with Crippen LogP contribution in [0.5, 0.6) is 0 Å². The molecule has 98 valence electrons. The Bertz CT molecular complexity index is 448. The van der Waals surface area contributed by atoms with Crippen LogP contribution in [0.2, 0.25) is 0 Å². The van der Waals surface area contributed by atoms with Gasteiger partial charge in [-0.25, -0.2) is 14.6 Å². The summed E-state index contributed by atoms with van der Waals surface area (Å²) in [6, 6.07) is 2.94. The first-order valence-corrected chi connectivity index (χ1v) is 5.43. The summed E-state index contributed by atoms with van der Waals surface area (Å²) in [6.45, 7) is 2.28. The van der Waals surface area contributed by atoms with Crippen LogP contribution in [0.4, 0.5) is 10.6 Å². The van der Waals surface area contributed by atoms with Gasteiger partial charge in [-0.1, -0.05) is 6.92 Å². The number of carboxylic acids is 1. The Kier molecular flexibility index (Phi) is 4.91. The topological polar surface area (TPSA) is 115 Å². The molecule has 0 radical (unpaired) electrons. The second-order valence-electron chi connectivity index (χ2n) is 3.49. The van der Waals surface area contributed by atoms with Crippen LogP contribution in [0.15, 0.2) is 12.1 Å². The molecule has 1 heterocycles. The lowest BCUT2D eigenvalue weighted by Gasteiger charge is -2.08. The summed E-state index contributed by atoms with van der Waals surface area (Å²) in [7, 11) is 0. The number of aromatic carboxylic acids is 1. The molecular weight excluding hydrogens is 238 g/mol. The number of ether oxygens (including phenoxy) is 1. The third kappa shape index (κ3) is 4.28. The summed E-state index contributed by atoms with van der Waals surface area (Å²) >= 11 is 0. The van der Waals surface area contributed by atoms with Gasteiger partial charge in [0, 0.05) is 5.69 Å². The second-order valence-corrected chi connectivity index (χ2v) is 3.49. The number of carboxylic acid groups (broad SMARTS) is 1. The lowest BCUT2D eigenvalue weighted by Crippen LogP contribution is -2.19. The van der Waals surface area contributed by atoms with Crippen LogP contribution in [-0.2, 0) is 11.2 Å². The number of nitrogens with one attached hydrogen (secondary N) is 1. The summed E-state index contributed by atoms with van der Waals surface area (Å²) in [6.07, 6.45) is -0.216. The Balaban J connectivity index is 2.66. The maximum atomic E-state index is 10.9. The predicted molar refractivity (Wildman–Crippen MR) is 64.6 cm³/mol. The first kappa shape index (κ1) is 13.8. The van der Waals surface area contributed by atoms with E-state index in [4.69, 9.17) is 10.8 Å². The standard InChI is InChI=1S/C11H15N3O4/c1-2-8-5-7(10(15)16)6-9(14-8)13-3-4-18-11(12)17/h5-6H,2-4H2,1H3,(H2,12,17)(H,13,14)(H,15,16). The van der Waals surface area contributed by atoms with E-state index in [0.29, 0.717) is 24.5 Å². The van der Waals surface area contributed by atoms with E-state index < -0.39 is 12.1 Å². The van der Waals surface area contributed by atoms with Crippen LogP contribution < -0.4 is 11.1 Å². The van der Waals surface area contributed by atoms with E-state index in [0.717, 1.165) is 0 Å². The smallest absolute Gasteiger partial charge is 0.404 e. The molecule has 1 rings (SSSR count). The van der Waals surface area contributed by atoms with Gasteiger partial charge in [-0.2, -0.15) is 0 Å². The van der Waals surface area contributed by atoms with E-state index in [1.54, 1.807) is 0 Å². The van der Waals surface area contributed by atoms with Crippen molar-refractivity contribution in [1.29, 1.82) is 0 Å². The molecule has 18 heavy (non-hydrogen) atoms. The molecule has 0 spiro atoms. The van der Waals surface area contributed by atoms with E-state index in [1.165, 1.54) is 12.1 Å². The third-order valence-electron chi connectivity index (χ3n) is 2.14. The van der Waals surface area contributed by atoms with Crippen molar-refractivity contribution < 1.29 is 19.4 Å². The molecule has 4 N–H and O–H groups in total. The Morgan fingerprint density at radius 2 is 2.22 bits per heavy atom. The van der Waals surface area contributed by atoms with E-state index in [-0.39, 0.29) is 12.2 Å². The van der Waals surface area contributed by atoms with Gasteiger partial charge < -0.3 is 20.9 Å². The first-order valence-electron chi connectivity index (χ1n) is 5.43. The van der Waals surface area contributed by atoms with Crippen molar-refractivity contribution >= 4 is 17.9 Å². The molecule has 7 heteroatoms. The quantitative estimate of drug-likeness (QED) is 0.647. The lowest BCUT2D eigenvalue weighted by molar-refractivity contribution is 0.0696. The highest BCUT2D eigenvalue weighted by atomic mass is 16.5. The summed E-state index contributed by atoms with van der Waals surface area (Å²) < 4.78 is 4.53. The number of primary amides is 1. The van der Waals surface area contributed by atoms with Gasteiger partial charge in [-0.05, 0) is 18.6 Å². The minimum atomic E-state index is -1.01. The van der Waals surface area contributed by atoms with Gasteiger partial charge >= 0.3 is 12.1 Å². The van der Waals surface area contributed by atoms with Crippen LogP contribution in [0.25, 0.3) is 0 Å². The largest absolute Gasteiger partial charge is 0.478 e. The Labute approximate surface area is 104 Å². The zero-order valence-electron chi connectivity index (χ0n) is 9.97. The number of rotatable bonds is 6. The number of amides is 1. The highest BCUT2D eigenvalue weighted by molar-refractivity contribution is 5.88. The van der Waals surface area contributed by atoms with Crippen molar-refractivity contribution in [1.82, 2.24) is 4.98 Å². The molecule has 1 aromatic rings. The molecule has 7 nitrogen and oxygen atoms in total. The van der Waals surface area contributed by atoms with Gasteiger partial charge in [0.1, 0.15) is 12.4 Å². The second kappa shape index (κ2) is 6.43. The summed E-state index contributed by atoms with van der Waals surface area (Å²) in [5.41, 5.74) is 5.64. The van der Waals surface area contributed by atoms with Crippen molar-refractivity contribution in [3.05, 3.63) is 23.4 Å². The van der Waals surface area contributed by atoms with Crippen molar-refractivity contribution in [3.63, 3.8) is 0 Å². The van der Waals surface area contributed by atoms with Gasteiger partial charge in [-0.3, -0.25) is 0 Å². The highest BCUT2D eigenvalue weighted by Crippen LogP contribution is 2.11. The Hall–Kier alpha value is -2.31. The van der Waals surface area contributed by atoms with Gasteiger partial charge in [0.25, 0.3) is 0 Å². The molecule has 0 atom stereocenters. The summed E-state index contributed by atoms with van der Waals surface area (Å²) in [5, 5.41) is 11.8. The molecule has 0 aliphatic heterocycles. The number of hydrogen-bond acceptors (Lipinski definition) is 5. The fraction of sp³-hybridized carbons (Fsp3) is 0.364. The SMILES string of the molecule is CCc1cc(C(=O)O)cc(NCCOC(N)=O)n1. The Morgan fingerprint density at radius 3 is 2.78 bits per heavy atom. The van der Waals surface area contributed by atoms with E-state index in [2.05, 4.69) is 15.0 Å². The minimum absolute atomic E-state index is 0.0930. The average molecular weight is 253 g/mol. The number of nitrogens with zero attached hydrogens (tertiary/aromatic N) is 1. The first-order chi connectivity index (χ1) is 8.52. The molecule has 0 saturated heterocycles. The van der Waals surface area contributed by atoms with E-state index in [9.17, 15) is 9.59 Å². The zero-order chi connectivity index (χ0) is 13.5. The van der Waals surface area contributed by atoms with Gasteiger partial charge in [-0.15, -0.1) is 0 Å². The number of pyridine rings is 1. The monoisotopic (exact) mass is 253 g/mol. The number of carbonyl (C=O) groups is 2. The number of hydrogen-bond donors (Lipinski definition) is 3. The highest BCUT2D eigenvalue weighted by Gasteiger charge is 2.07. The molecule has 0 saturated carbocycles. The zero-order valence-corrected chi connectivity index (χ0v) is 9.97. The minimum Gasteiger partial charge on any atom is -0.478 e. The van der Waals surface area contributed by atoms with Crippen LogP contribution in [0.1, 0.15) is 23.0 Å². The third-order valence-corrected chi connectivity index (χ3v) is 2.14. The molecule has 0 fully saturated rings. The maximum Gasteiger partial charge on any atom is 0.404 e. The number of aromatic nitrogens is 1. The van der Waals surface area contributed by atoms with Crippen LogP contribution in [0.3, 0.4) is 0 Å². The maximum absolute atomic E-state index is 10.9. The normalized spacial score (nSPS) is 9.83. The molecule has 1 aromatic heterocycles. The number of aryl methyl sites for hydroxylation is 1. The fourth-order valence-corrected chi connectivity index (χ4v) is 1.31. The van der Waals surface area contributed by atoms with Crippen LogP contribution in [0, 0.1) is 0 Å². The molecular formula is C11H15N3O4. The van der Waals surface area contributed by atoms with E-state index in [1.807, 2.05) is 6.92 Å². The summed E-state index contributed by atoms with van der Waals surface area (Å²) in [5.74, 6) is -0.580. The summed E-state index contributed by atoms with van der Waals surface area (Å²) in [4.78, 5) is 25.4. The van der Waals surface area contributed by atoms with Crippen molar-refractivity contribution in [2.24, 2.45) is 5.73 Å². The number of nitrogens with two attached hydrogens (primary N) is 1. The molecule has 1 amide bonds. The number of carbonyl (C=O) groups excluding carboxylic acids is 1. The van der Waals surface area contributed by atoms with Gasteiger partial charge in [0.2, 0.25) is 0 Å². The van der Waals surface area contributed by atoms with Crippen molar-refractivity contribution in [2.45, 2.75) is 13.3 Å². The predicted octanol–water partition coefficient (Wildman–Crippen LogP) is 0.849. The molecule has 0 aliphatic carbocycles. The lowest BCUT2D eigenvalue weighted by atomic mass is 10.2. The molecule has 0 unspecified atom stereocenters. The molecule has 0 bridgehead atoms. The van der Waals surface area contributed by atoms with Crippen LogP contribution >= 0.6 is 0 Å². The van der Waals surface area contributed by atoms with Crippen molar-refractivity contribution in [2.75, 3.05) is 18.5 Å². The van der Waals surface area contributed by atoms with Crippen LogP contribution in [-0.4, -0.2) is 35.3 Å². The Morgan fingerprint density at radius 1 is 1.50 bits per heavy atom. The van der Waals surface area contributed by atoms with Gasteiger partial charge in [0.05, 0.1) is 12.1 Å². The molecule has 0 aliphatic rings. The molecule has 0 aromatic carbocycles. The fourth-order valence-electron chi connectivity index (χ4n) is 1.31. The van der Waals surface area contributed by atoms with Crippen molar-refractivity contribution in [3.8, 4) is 0 Å². The number of anilines is 1. The van der Waals surface area contributed by atoms with E-state index >= 15 is 0 Å². The average Bonchev–Trinajstić information content (AvgIpc) is 2.34.